The van der Waals surface area contributed by atoms with E-state index in [0.717, 1.165) is 31.3 Å². The van der Waals surface area contributed by atoms with Crippen molar-refractivity contribution < 1.29 is 14.3 Å². The highest BCUT2D eigenvalue weighted by Crippen LogP contribution is 2.16. The van der Waals surface area contributed by atoms with E-state index >= 15 is 0 Å². The molecule has 0 atom stereocenters. The van der Waals surface area contributed by atoms with Crippen LogP contribution in [0.1, 0.15) is 54.6 Å². The number of unbranched alkanes of at least 4 members (excludes halogenated alkanes) is 5. The van der Waals surface area contributed by atoms with E-state index in [9.17, 15) is 4.79 Å². The molecule has 0 unspecified atom stereocenters. The van der Waals surface area contributed by atoms with Crippen LogP contribution in [0.25, 0.3) is 0 Å². The van der Waals surface area contributed by atoms with Gasteiger partial charge >= 0.3 is 0 Å². The molecule has 1 aromatic heterocycles. The number of carbonyl (C=O) groups excluding carboxylic acids is 1. The lowest BCUT2D eigenvalue weighted by molar-refractivity contribution is 0.111. The number of aromatic nitrogens is 1. The Hall–Kier alpha value is -2.36. The maximum Gasteiger partial charge on any atom is 0.172 e. The second-order valence-electron chi connectivity index (χ2n) is 6.07. The van der Waals surface area contributed by atoms with E-state index in [0.29, 0.717) is 18.1 Å². The quantitative estimate of drug-likeness (QED) is 0.408. The molecule has 0 bridgehead atoms. The maximum absolute atomic E-state index is 10.8. The maximum atomic E-state index is 10.8. The predicted octanol–water partition coefficient (Wildman–Crippen LogP) is 4.86. The fraction of sp³-hybridized carbons (Fsp3) is 0.429. The van der Waals surface area contributed by atoms with Gasteiger partial charge in [0.2, 0.25) is 0 Å². The summed E-state index contributed by atoms with van der Waals surface area (Å²) >= 11 is 0. The van der Waals surface area contributed by atoms with E-state index in [4.69, 9.17) is 9.47 Å². The van der Waals surface area contributed by atoms with Gasteiger partial charge in [-0.3, -0.25) is 4.79 Å². The van der Waals surface area contributed by atoms with Crippen molar-refractivity contribution in [2.45, 2.75) is 44.9 Å². The molecule has 25 heavy (non-hydrogen) atoms. The zero-order valence-corrected chi connectivity index (χ0v) is 14.9. The van der Waals surface area contributed by atoms with Crippen LogP contribution in [0.3, 0.4) is 0 Å². The van der Waals surface area contributed by atoms with Crippen LogP contribution >= 0.6 is 0 Å². The number of nitrogens with zero attached hydrogens (tertiary/aromatic N) is 1. The van der Waals surface area contributed by atoms with E-state index in [-0.39, 0.29) is 0 Å². The third-order valence-corrected chi connectivity index (χ3v) is 4.19. The average Bonchev–Trinajstić information content (AvgIpc) is 2.67. The summed E-state index contributed by atoms with van der Waals surface area (Å²) in [4.78, 5) is 14.8. The monoisotopic (exact) mass is 341 g/mol. The van der Waals surface area contributed by atoms with Crippen LogP contribution in [-0.4, -0.2) is 25.0 Å². The van der Waals surface area contributed by atoms with Crippen molar-refractivity contribution in [1.29, 1.82) is 0 Å². The Morgan fingerprint density at radius 3 is 2.40 bits per heavy atom. The Bertz CT molecular complexity index is 625. The molecule has 134 valence electrons. The average molecular weight is 341 g/mol. The first-order valence-electron chi connectivity index (χ1n) is 8.99. The fourth-order valence-corrected chi connectivity index (χ4v) is 2.73. The lowest BCUT2D eigenvalue weighted by Crippen LogP contribution is -2.01. The Balaban J connectivity index is 1.48. The molecule has 4 nitrogen and oxygen atoms in total. The molecule has 4 heteroatoms. The lowest BCUT2D eigenvalue weighted by Gasteiger charge is -2.07. The number of hydrogen-bond donors (Lipinski definition) is 0. The Morgan fingerprint density at radius 1 is 0.960 bits per heavy atom. The van der Waals surface area contributed by atoms with Crippen molar-refractivity contribution in [3.05, 3.63) is 53.9 Å². The molecule has 0 spiro atoms. The smallest absolute Gasteiger partial charge is 0.172 e. The van der Waals surface area contributed by atoms with Gasteiger partial charge in [0.25, 0.3) is 0 Å². The lowest BCUT2D eigenvalue weighted by atomic mass is 10.0. The molecule has 0 amide bonds. The van der Waals surface area contributed by atoms with E-state index in [1.807, 2.05) is 12.1 Å². The normalized spacial score (nSPS) is 10.4. The number of aryl methyl sites for hydroxylation is 1. The number of rotatable bonds is 12. The molecule has 0 aliphatic rings. The minimum absolute atomic E-state index is 0.376. The van der Waals surface area contributed by atoms with Crippen LogP contribution < -0.4 is 9.47 Å². The largest absolute Gasteiger partial charge is 0.497 e. The first kappa shape index (κ1) is 19.0. The van der Waals surface area contributed by atoms with Gasteiger partial charge in [-0.25, -0.2) is 4.98 Å². The molecule has 0 saturated heterocycles. The number of aldehydes is 1. The Labute approximate surface area is 150 Å². The van der Waals surface area contributed by atoms with Crippen LogP contribution in [0.5, 0.6) is 11.5 Å². The van der Waals surface area contributed by atoms with Crippen LogP contribution in [0.4, 0.5) is 0 Å². The zero-order valence-electron chi connectivity index (χ0n) is 14.9. The number of pyridine rings is 1. The molecular formula is C21H27NO3. The SMILES string of the molecule is COc1ccc(CCCCCCCCOc2cccnc2C=O)cc1. The van der Waals surface area contributed by atoms with Crippen molar-refractivity contribution in [3.8, 4) is 11.5 Å². The topological polar surface area (TPSA) is 48.4 Å². The summed E-state index contributed by atoms with van der Waals surface area (Å²) in [5.41, 5.74) is 1.75. The molecule has 0 fully saturated rings. The highest BCUT2D eigenvalue weighted by atomic mass is 16.5. The zero-order chi connectivity index (χ0) is 17.7. The summed E-state index contributed by atoms with van der Waals surface area (Å²) in [6.45, 7) is 0.637. The molecule has 0 aliphatic heterocycles. The molecule has 2 aromatic rings. The Morgan fingerprint density at radius 2 is 1.68 bits per heavy atom. The van der Waals surface area contributed by atoms with E-state index in [1.54, 1.807) is 25.4 Å². The van der Waals surface area contributed by atoms with Crippen molar-refractivity contribution >= 4 is 6.29 Å². The Kier molecular flexibility index (Phi) is 8.53. The van der Waals surface area contributed by atoms with Crippen molar-refractivity contribution in [1.82, 2.24) is 4.98 Å². The third-order valence-electron chi connectivity index (χ3n) is 4.19. The summed E-state index contributed by atoms with van der Waals surface area (Å²) in [5, 5.41) is 0. The van der Waals surface area contributed by atoms with Gasteiger partial charge in [-0.05, 0) is 49.1 Å². The predicted molar refractivity (Wildman–Crippen MR) is 99.5 cm³/mol. The molecule has 1 heterocycles. The van der Waals surface area contributed by atoms with Gasteiger partial charge in [0.15, 0.2) is 6.29 Å². The second-order valence-corrected chi connectivity index (χ2v) is 6.07. The first-order chi connectivity index (χ1) is 12.3. The molecule has 0 radical (unpaired) electrons. The van der Waals surface area contributed by atoms with E-state index < -0.39 is 0 Å². The van der Waals surface area contributed by atoms with Gasteiger partial charge in [0.1, 0.15) is 17.2 Å². The number of benzene rings is 1. The number of carbonyl (C=O) groups is 1. The number of ether oxygens (including phenoxy) is 2. The molecule has 0 saturated carbocycles. The van der Waals surface area contributed by atoms with Gasteiger partial charge in [0.05, 0.1) is 13.7 Å². The van der Waals surface area contributed by atoms with Gasteiger partial charge in [-0.1, -0.05) is 37.8 Å². The van der Waals surface area contributed by atoms with E-state index in [1.165, 1.54) is 31.2 Å². The second kappa shape index (κ2) is 11.2. The van der Waals surface area contributed by atoms with Crippen LogP contribution in [-0.2, 0) is 6.42 Å². The third kappa shape index (κ3) is 6.96. The first-order valence-corrected chi connectivity index (χ1v) is 8.99. The highest BCUT2D eigenvalue weighted by molar-refractivity contribution is 5.75. The summed E-state index contributed by atoms with van der Waals surface area (Å²) in [5.74, 6) is 1.49. The van der Waals surface area contributed by atoms with Gasteiger partial charge in [-0.2, -0.15) is 0 Å². The summed E-state index contributed by atoms with van der Waals surface area (Å²) < 4.78 is 10.8. The molecule has 0 N–H and O–H groups in total. The van der Waals surface area contributed by atoms with Gasteiger partial charge < -0.3 is 9.47 Å². The number of hydrogen-bond acceptors (Lipinski definition) is 4. The minimum atomic E-state index is 0.376. The van der Waals surface area contributed by atoms with Crippen LogP contribution in [0, 0.1) is 0 Å². The standard InChI is InChI=1S/C21H27NO3/c1-24-19-13-11-18(12-14-19)9-6-4-2-3-5-7-16-25-21-10-8-15-22-20(21)17-23/h8,10-15,17H,2-7,9,16H2,1H3. The molecule has 2 rings (SSSR count). The van der Waals surface area contributed by atoms with Gasteiger partial charge in [0, 0.05) is 6.20 Å². The van der Waals surface area contributed by atoms with Crippen LogP contribution in [0.15, 0.2) is 42.6 Å². The number of methoxy groups -OCH3 is 1. The molecular weight excluding hydrogens is 314 g/mol. The van der Waals surface area contributed by atoms with E-state index in [2.05, 4.69) is 17.1 Å². The van der Waals surface area contributed by atoms with Crippen LogP contribution in [0.2, 0.25) is 0 Å². The highest BCUT2D eigenvalue weighted by Gasteiger charge is 2.02. The van der Waals surface area contributed by atoms with Crippen molar-refractivity contribution in [2.24, 2.45) is 0 Å². The molecule has 1 aromatic carbocycles. The van der Waals surface area contributed by atoms with Gasteiger partial charge in [-0.15, -0.1) is 0 Å². The minimum Gasteiger partial charge on any atom is -0.497 e. The van der Waals surface area contributed by atoms with Crippen molar-refractivity contribution in [3.63, 3.8) is 0 Å². The molecule has 0 aliphatic carbocycles. The summed E-state index contributed by atoms with van der Waals surface area (Å²) in [6.07, 6.45) is 10.6. The van der Waals surface area contributed by atoms with Crippen molar-refractivity contribution in [2.75, 3.05) is 13.7 Å². The summed E-state index contributed by atoms with van der Waals surface area (Å²) in [7, 11) is 1.69. The summed E-state index contributed by atoms with van der Waals surface area (Å²) in [6, 6.07) is 11.9. The fourth-order valence-electron chi connectivity index (χ4n) is 2.73.